The number of nitrogens with one attached hydrogen (secondary N) is 2. The maximum absolute atomic E-state index is 5.96. The highest BCUT2D eigenvalue weighted by Gasteiger charge is 2.33. The summed E-state index contributed by atoms with van der Waals surface area (Å²) in [6, 6.07) is 6.28. The van der Waals surface area contributed by atoms with E-state index in [9.17, 15) is 0 Å². The molecule has 0 aliphatic carbocycles. The van der Waals surface area contributed by atoms with Crippen LogP contribution in [-0.2, 0) is 16.0 Å². The van der Waals surface area contributed by atoms with E-state index in [1.54, 1.807) is 7.05 Å². The molecule has 0 bridgehead atoms. The number of hydrogen-bond acceptors (Lipinski definition) is 5. The minimum Gasteiger partial charge on any atom is -0.491 e. The minimum absolute atomic E-state index is 0.0126. The number of aryl methyl sites for hydroxylation is 1. The van der Waals surface area contributed by atoms with Crippen LogP contribution in [0.1, 0.15) is 45.7 Å². The molecule has 0 spiro atoms. The zero-order chi connectivity index (χ0) is 22.9. The molecule has 1 heterocycles. The fourth-order valence-corrected chi connectivity index (χ4v) is 3.78. The van der Waals surface area contributed by atoms with Crippen LogP contribution >= 0.6 is 0 Å². The maximum Gasteiger partial charge on any atom is 0.191 e. The zero-order valence-corrected chi connectivity index (χ0v) is 20.5. The number of aliphatic imine (C=N–C) groups is 1. The van der Waals surface area contributed by atoms with Crippen molar-refractivity contribution >= 4 is 5.96 Å². The van der Waals surface area contributed by atoms with Crippen molar-refractivity contribution in [2.24, 2.45) is 4.99 Å². The molecule has 1 aliphatic heterocycles. The molecule has 1 saturated heterocycles. The Labute approximate surface area is 188 Å². The first kappa shape index (κ1) is 25.4. The highest BCUT2D eigenvalue weighted by atomic mass is 16.5. The van der Waals surface area contributed by atoms with Crippen LogP contribution in [0, 0.1) is 6.92 Å². The van der Waals surface area contributed by atoms with Crippen molar-refractivity contribution in [3.8, 4) is 5.75 Å². The van der Waals surface area contributed by atoms with E-state index >= 15 is 0 Å². The maximum atomic E-state index is 5.96. The Kier molecular flexibility index (Phi) is 10.1. The van der Waals surface area contributed by atoms with Crippen LogP contribution in [0.25, 0.3) is 0 Å². The molecule has 7 heteroatoms. The number of morpholine rings is 1. The summed E-state index contributed by atoms with van der Waals surface area (Å²) in [5, 5.41) is 6.92. The van der Waals surface area contributed by atoms with Gasteiger partial charge < -0.3 is 24.8 Å². The summed E-state index contributed by atoms with van der Waals surface area (Å²) < 4.78 is 17.2. The molecule has 1 aliphatic rings. The molecule has 0 amide bonds. The average molecular weight is 435 g/mol. The second-order valence-corrected chi connectivity index (χ2v) is 8.91. The molecule has 0 saturated carbocycles. The van der Waals surface area contributed by atoms with Gasteiger partial charge in [0.05, 0.1) is 18.8 Å². The SMILES string of the molecule is CCOCCOc1cc(C)ccc1CNC(=NC)NCC(C)(C)N1CC(C)OC(C)C1. The molecule has 1 aromatic rings. The Morgan fingerprint density at radius 3 is 2.55 bits per heavy atom. The van der Waals surface area contributed by atoms with E-state index in [1.165, 1.54) is 5.56 Å². The third-order valence-electron chi connectivity index (χ3n) is 5.55. The van der Waals surface area contributed by atoms with E-state index in [0.29, 0.717) is 26.4 Å². The molecule has 1 aromatic carbocycles. The summed E-state index contributed by atoms with van der Waals surface area (Å²) in [6.45, 7) is 18.0. The van der Waals surface area contributed by atoms with E-state index in [2.05, 4.69) is 73.3 Å². The second kappa shape index (κ2) is 12.3. The van der Waals surface area contributed by atoms with Crippen molar-refractivity contribution in [1.29, 1.82) is 0 Å². The Morgan fingerprint density at radius 1 is 1.19 bits per heavy atom. The lowest BCUT2D eigenvalue weighted by atomic mass is 10.00. The molecule has 2 rings (SSSR count). The summed E-state index contributed by atoms with van der Waals surface area (Å²) in [7, 11) is 1.80. The van der Waals surface area contributed by atoms with Gasteiger partial charge in [0.2, 0.25) is 0 Å². The Hall–Kier alpha value is -1.83. The summed E-state index contributed by atoms with van der Waals surface area (Å²) >= 11 is 0. The Morgan fingerprint density at radius 2 is 1.90 bits per heavy atom. The minimum atomic E-state index is -0.0126. The van der Waals surface area contributed by atoms with Crippen molar-refractivity contribution in [1.82, 2.24) is 15.5 Å². The second-order valence-electron chi connectivity index (χ2n) is 8.91. The van der Waals surface area contributed by atoms with Crippen LogP contribution in [0.3, 0.4) is 0 Å². The van der Waals surface area contributed by atoms with E-state index in [-0.39, 0.29) is 17.7 Å². The van der Waals surface area contributed by atoms with Gasteiger partial charge in [0.25, 0.3) is 0 Å². The number of guanidine groups is 1. The van der Waals surface area contributed by atoms with E-state index in [0.717, 1.165) is 36.9 Å². The van der Waals surface area contributed by atoms with Gasteiger partial charge in [-0.3, -0.25) is 9.89 Å². The van der Waals surface area contributed by atoms with Gasteiger partial charge in [-0.2, -0.15) is 0 Å². The zero-order valence-electron chi connectivity index (χ0n) is 20.5. The van der Waals surface area contributed by atoms with Crippen molar-refractivity contribution in [3.63, 3.8) is 0 Å². The summed E-state index contributed by atoms with van der Waals surface area (Å²) in [5.74, 6) is 1.67. The van der Waals surface area contributed by atoms with Gasteiger partial charge in [0.15, 0.2) is 5.96 Å². The predicted molar refractivity (Wildman–Crippen MR) is 127 cm³/mol. The monoisotopic (exact) mass is 434 g/mol. The van der Waals surface area contributed by atoms with Gasteiger partial charge in [0.1, 0.15) is 12.4 Å². The lowest BCUT2D eigenvalue weighted by Crippen LogP contribution is -2.59. The molecule has 0 aromatic heterocycles. The molecule has 176 valence electrons. The van der Waals surface area contributed by atoms with Crippen molar-refractivity contribution in [2.75, 3.05) is 46.5 Å². The first-order valence-corrected chi connectivity index (χ1v) is 11.4. The van der Waals surface area contributed by atoms with Crippen molar-refractivity contribution in [2.45, 2.75) is 65.8 Å². The lowest BCUT2D eigenvalue weighted by Gasteiger charge is -2.45. The number of ether oxygens (including phenoxy) is 3. The van der Waals surface area contributed by atoms with Gasteiger partial charge in [-0.25, -0.2) is 0 Å². The van der Waals surface area contributed by atoms with E-state index < -0.39 is 0 Å². The molecule has 1 fully saturated rings. The van der Waals surface area contributed by atoms with E-state index in [4.69, 9.17) is 14.2 Å². The van der Waals surface area contributed by atoms with Crippen LogP contribution in [-0.4, -0.2) is 75.1 Å². The van der Waals surface area contributed by atoms with Crippen LogP contribution in [0.5, 0.6) is 5.75 Å². The Bertz CT molecular complexity index is 698. The molecule has 7 nitrogen and oxygen atoms in total. The van der Waals surface area contributed by atoms with Crippen LogP contribution < -0.4 is 15.4 Å². The highest BCUT2D eigenvalue weighted by Crippen LogP contribution is 2.21. The number of hydrogen-bond donors (Lipinski definition) is 2. The molecule has 0 radical (unpaired) electrons. The number of rotatable bonds is 10. The lowest BCUT2D eigenvalue weighted by molar-refractivity contribution is -0.0946. The standard InChI is InChI=1S/C24H42N4O3/c1-8-29-11-12-30-22-13-18(2)9-10-21(22)14-26-23(25-7)27-17-24(5,6)28-15-19(3)31-20(4)16-28/h9-10,13,19-20H,8,11-12,14-17H2,1-7H3,(H2,25,26,27). The van der Waals surface area contributed by atoms with Gasteiger partial charge in [0, 0.05) is 50.9 Å². The average Bonchev–Trinajstić information content (AvgIpc) is 2.71. The normalized spacial score (nSPS) is 20.5. The number of nitrogens with zero attached hydrogens (tertiary/aromatic N) is 2. The van der Waals surface area contributed by atoms with Gasteiger partial charge >= 0.3 is 0 Å². The fraction of sp³-hybridized carbons (Fsp3) is 0.708. The Balaban J connectivity index is 1.90. The van der Waals surface area contributed by atoms with Crippen LogP contribution in [0.4, 0.5) is 0 Å². The fourth-order valence-electron chi connectivity index (χ4n) is 3.78. The molecule has 2 atom stereocenters. The predicted octanol–water partition coefficient (Wildman–Crippen LogP) is 2.96. The largest absolute Gasteiger partial charge is 0.491 e. The smallest absolute Gasteiger partial charge is 0.191 e. The van der Waals surface area contributed by atoms with Crippen molar-refractivity contribution in [3.05, 3.63) is 29.3 Å². The summed E-state index contributed by atoms with van der Waals surface area (Å²) in [4.78, 5) is 6.90. The van der Waals surface area contributed by atoms with E-state index in [1.807, 2.05) is 6.92 Å². The molecular formula is C24H42N4O3. The first-order valence-electron chi connectivity index (χ1n) is 11.4. The number of benzene rings is 1. The third-order valence-corrected chi connectivity index (χ3v) is 5.55. The van der Waals surface area contributed by atoms with Gasteiger partial charge in [-0.1, -0.05) is 12.1 Å². The quantitative estimate of drug-likeness (QED) is 0.335. The third kappa shape index (κ3) is 8.31. The van der Waals surface area contributed by atoms with Gasteiger partial charge in [-0.15, -0.1) is 0 Å². The van der Waals surface area contributed by atoms with Crippen LogP contribution in [0.2, 0.25) is 0 Å². The summed E-state index contributed by atoms with van der Waals surface area (Å²) in [5.41, 5.74) is 2.26. The molecular weight excluding hydrogens is 392 g/mol. The van der Waals surface area contributed by atoms with Gasteiger partial charge in [-0.05, 0) is 53.2 Å². The highest BCUT2D eigenvalue weighted by molar-refractivity contribution is 5.79. The molecule has 2 unspecified atom stereocenters. The summed E-state index contributed by atoms with van der Waals surface area (Å²) in [6.07, 6.45) is 0.506. The molecule has 2 N–H and O–H groups in total. The topological polar surface area (TPSA) is 67.4 Å². The van der Waals surface area contributed by atoms with Crippen molar-refractivity contribution < 1.29 is 14.2 Å². The van der Waals surface area contributed by atoms with Crippen LogP contribution in [0.15, 0.2) is 23.2 Å². The first-order chi connectivity index (χ1) is 14.7. The molecule has 31 heavy (non-hydrogen) atoms.